The largest absolute Gasteiger partial charge is 0.396 e. The number of nitrogens with zero attached hydrogens (tertiary/aromatic N) is 1. The minimum atomic E-state index is 0.154. The average Bonchev–Trinajstić information content (AvgIpc) is 2.68. The second-order valence-corrected chi connectivity index (χ2v) is 6.14. The van der Waals surface area contributed by atoms with Crippen molar-refractivity contribution >= 4 is 11.3 Å². The van der Waals surface area contributed by atoms with Crippen LogP contribution in [0.3, 0.4) is 0 Å². The molecule has 0 aliphatic rings. The maximum absolute atomic E-state index is 9.09. The summed E-state index contributed by atoms with van der Waals surface area (Å²) in [5, 5.41) is 12.7. The number of hydrogen-bond donors (Lipinski definition) is 2. The minimum absolute atomic E-state index is 0.154. The van der Waals surface area contributed by atoms with Crippen LogP contribution < -0.4 is 5.32 Å². The molecule has 0 aliphatic heterocycles. The van der Waals surface area contributed by atoms with Gasteiger partial charge in [0, 0.05) is 29.8 Å². The molecule has 92 valence electrons. The molecule has 2 unspecified atom stereocenters. The number of aliphatic hydroxyl groups is 1. The lowest BCUT2D eigenvalue weighted by Gasteiger charge is -2.33. The molecule has 0 spiro atoms. The van der Waals surface area contributed by atoms with Crippen LogP contribution in [0, 0.1) is 5.41 Å². The van der Waals surface area contributed by atoms with Gasteiger partial charge in [0.1, 0.15) is 0 Å². The minimum Gasteiger partial charge on any atom is -0.396 e. The van der Waals surface area contributed by atoms with Gasteiger partial charge in [0.15, 0.2) is 0 Å². The van der Waals surface area contributed by atoms with Gasteiger partial charge >= 0.3 is 0 Å². The highest BCUT2D eigenvalue weighted by Crippen LogP contribution is 2.25. The summed E-state index contributed by atoms with van der Waals surface area (Å²) in [6, 6.07) is 0.609. The molecule has 4 heteroatoms. The molecule has 3 nitrogen and oxygen atoms in total. The van der Waals surface area contributed by atoms with E-state index in [1.54, 1.807) is 11.3 Å². The summed E-state index contributed by atoms with van der Waals surface area (Å²) in [4.78, 5) is 5.33. The Morgan fingerprint density at radius 2 is 2.19 bits per heavy atom. The molecular formula is C12H22N2OS. The van der Waals surface area contributed by atoms with Crippen molar-refractivity contribution in [1.82, 2.24) is 10.3 Å². The summed E-state index contributed by atoms with van der Waals surface area (Å²) in [7, 11) is 0. The first-order valence-corrected chi connectivity index (χ1v) is 6.58. The Morgan fingerprint density at radius 3 is 2.62 bits per heavy atom. The molecule has 2 N–H and O–H groups in total. The van der Waals surface area contributed by atoms with Gasteiger partial charge in [-0.05, 0) is 18.8 Å². The highest BCUT2D eigenvalue weighted by atomic mass is 32.1. The molecule has 1 heterocycles. The van der Waals surface area contributed by atoms with E-state index in [1.807, 2.05) is 11.7 Å². The van der Waals surface area contributed by atoms with E-state index in [4.69, 9.17) is 5.11 Å². The molecule has 0 radical (unpaired) electrons. The molecule has 0 aliphatic carbocycles. The van der Waals surface area contributed by atoms with Crippen molar-refractivity contribution in [2.75, 3.05) is 6.61 Å². The van der Waals surface area contributed by atoms with Crippen LogP contribution in [0.4, 0.5) is 0 Å². The number of hydrogen-bond acceptors (Lipinski definition) is 4. The second kappa shape index (κ2) is 5.75. The van der Waals surface area contributed by atoms with Crippen molar-refractivity contribution in [1.29, 1.82) is 0 Å². The Morgan fingerprint density at radius 1 is 1.50 bits per heavy atom. The normalized spacial score (nSPS) is 16.1. The summed E-state index contributed by atoms with van der Waals surface area (Å²) >= 11 is 1.67. The van der Waals surface area contributed by atoms with Crippen molar-refractivity contribution in [2.45, 2.75) is 46.2 Å². The smallest absolute Gasteiger partial charge is 0.0794 e. The van der Waals surface area contributed by atoms with Crippen LogP contribution in [0.15, 0.2) is 11.7 Å². The van der Waals surface area contributed by atoms with Gasteiger partial charge in [0.2, 0.25) is 0 Å². The van der Waals surface area contributed by atoms with E-state index < -0.39 is 0 Å². The highest BCUT2D eigenvalue weighted by Gasteiger charge is 2.25. The molecule has 0 saturated heterocycles. The highest BCUT2D eigenvalue weighted by molar-refractivity contribution is 7.09. The van der Waals surface area contributed by atoms with Crippen molar-refractivity contribution < 1.29 is 5.11 Å². The maximum atomic E-state index is 9.09. The number of aromatic nitrogens is 1. The van der Waals surface area contributed by atoms with E-state index in [-0.39, 0.29) is 12.0 Å². The van der Waals surface area contributed by atoms with Gasteiger partial charge in [0.05, 0.1) is 5.51 Å². The first-order chi connectivity index (χ1) is 7.45. The first-order valence-electron chi connectivity index (χ1n) is 5.70. The molecule has 2 atom stereocenters. The van der Waals surface area contributed by atoms with Crippen molar-refractivity contribution in [3.8, 4) is 0 Å². The Bertz CT molecular complexity index is 292. The zero-order valence-corrected chi connectivity index (χ0v) is 11.3. The summed E-state index contributed by atoms with van der Waals surface area (Å²) in [5.74, 6) is 0. The first kappa shape index (κ1) is 13.6. The predicted molar refractivity (Wildman–Crippen MR) is 68.6 cm³/mol. The van der Waals surface area contributed by atoms with Crippen LogP contribution in [0.25, 0.3) is 0 Å². The molecule has 0 bridgehead atoms. The Hall–Kier alpha value is -0.450. The van der Waals surface area contributed by atoms with E-state index in [2.05, 4.69) is 38.0 Å². The van der Waals surface area contributed by atoms with E-state index in [1.165, 1.54) is 4.88 Å². The van der Waals surface area contributed by atoms with Crippen molar-refractivity contribution in [3.05, 3.63) is 16.6 Å². The van der Waals surface area contributed by atoms with E-state index in [0.717, 1.165) is 6.42 Å². The Kier molecular flexibility index (Phi) is 4.89. The third-order valence-electron chi connectivity index (χ3n) is 2.79. The molecule has 1 rings (SSSR count). The Balaban J connectivity index is 2.62. The zero-order valence-electron chi connectivity index (χ0n) is 10.5. The van der Waals surface area contributed by atoms with E-state index >= 15 is 0 Å². The molecule has 0 fully saturated rings. The van der Waals surface area contributed by atoms with Crippen LogP contribution in [0.1, 0.15) is 45.0 Å². The lowest BCUT2D eigenvalue weighted by molar-refractivity contribution is 0.188. The summed E-state index contributed by atoms with van der Waals surface area (Å²) in [5.41, 5.74) is 2.01. The van der Waals surface area contributed by atoms with Gasteiger partial charge in [-0.2, -0.15) is 0 Å². The van der Waals surface area contributed by atoms with E-state index in [9.17, 15) is 0 Å². The third kappa shape index (κ3) is 3.85. The SMILES string of the molecule is CC(NC(CCO)C(C)(C)C)c1cncs1. The number of thiazole rings is 1. The predicted octanol–water partition coefficient (Wildman–Crippen LogP) is 2.59. The standard InChI is InChI=1S/C12H22N2OS/c1-9(10-7-13-8-16-10)14-11(5-6-15)12(2,3)4/h7-9,11,14-15H,5-6H2,1-4H3. The topological polar surface area (TPSA) is 45.1 Å². The lowest BCUT2D eigenvalue weighted by atomic mass is 9.84. The van der Waals surface area contributed by atoms with Crippen LogP contribution in [-0.4, -0.2) is 22.7 Å². The van der Waals surface area contributed by atoms with Crippen molar-refractivity contribution in [3.63, 3.8) is 0 Å². The van der Waals surface area contributed by atoms with Crippen LogP contribution >= 0.6 is 11.3 Å². The fraction of sp³-hybridized carbons (Fsp3) is 0.750. The van der Waals surface area contributed by atoms with Crippen LogP contribution in [0.5, 0.6) is 0 Å². The fourth-order valence-electron chi connectivity index (χ4n) is 1.72. The molecular weight excluding hydrogens is 220 g/mol. The number of aliphatic hydroxyl groups excluding tert-OH is 1. The van der Waals surface area contributed by atoms with Gasteiger partial charge in [-0.15, -0.1) is 11.3 Å². The molecule has 0 saturated carbocycles. The monoisotopic (exact) mass is 242 g/mol. The quantitative estimate of drug-likeness (QED) is 0.834. The molecule has 0 aromatic carbocycles. The van der Waals surface area contributed by atoms with Gasteiger partial charge in [-0.1, -0.05) is 20.8 Å². The summed E-state index contributed by atoms with van der Waals surface area (Å²) in [6.45, 7) is 8.95. The molecule has 1 aromatic rings. The van der Waals surface area contributed by atoms with E-state index in [0.29, 0.717) is 12.1 Å². The van der Waals surface area contributed by atoms with Gasteiger partial charge < -0.3 is 10.4 Å². The fourth-order valence-corrected chi connectivity index (χ4v) is 2.36. The second-order valence-electron chi connectivity index (χ2n) is 5.22. The summed E-state index contributed by atoms with van der Waals surface area (Å²) in [6.07, 6.45) is 2.69. The zero-order chi connectivity index (χ0) is 12.2. The Labute approximate surface area is 102 Å². The number of rotatable bonds is 5. The molecule has 0 amide bonds. The molecule has 16 heavy (non-hydrogen) atoms. The van der Waals surface area contributed by atoms with Gasteiger partial charge in [0.25, 0.3) is 0 Å². The lowest BCUT2D eigenvalue weighted by Crippen LogP contribution is -2.42. The average molecular weight is 242 g/mol. The van der Waals surface area contributed by atoms with Crippen LogP contribution in [0.2, 0.25) is 0 Å². The van der Waals surface area contributed by atoms with Crippen LogP contribution in [-0.2, 0) is 0 Å². The van der Waals surface area contributed by atoms with Gasteiger partial charge in [-0.25, -0.2) is 0 Å². The third-order valence-corrected chi connectivity index (χ3v) is 3.75. The maximum Gasteiger partial charge on any atom is 0.0794 e. The summed E-state index contributed by atoms with van der Waals surface area (Å²) < 4.78 is 0. The molecule has 1 aromatic heterocycles. The van der Waals surface area contributed by atoms with Gasteiger partial charge in [-0.3, -0.25) is 4.98 Å². The van der Waals surface area contributed by atoms with Crippen molar-refractivity contribution in [2.24, 2.45) is 5.41 Å². The number of nitrogens with one attached hydrogen (secondary N) is 1.